The van der Waals surface area contributed by atoms with E-state index in [0.717, 1.165) is 10.9 Å². The summed E-state index contributed by atoms with van der Waals surface area (Å²) in [6.07, 6.45) is 0.841. The molecular formula is C14H19BrFNO2. The van der Waals surface area contributed by atoms with Crippen molar-refractivity contribution in [1.29, 1.82) is 0 Å². The van der Waals surface area contributed by atoms with Gasteiger partial charge in [0.25, 0.3) is 0 Å². The molecule has 2 atom stereocenters. The molecule has 0 radical (unpaired) electrons. The molecule has 1 rings (SSSR count). The van der Waals surface area contributed by atoms with E-state index in [9.17, 15) is 9.18 Å². The number of nitrogens with one attached hydrogen (secondary N) is 1. The predicted molar refractivity (Wildman–Crippen MR) is 76.2 cm³/mol. The van der Waals surface area contributed by atoms with Crippen LogP contribution in [-0.2, 0) is 16.1 Å². The van der Waals surface area contributed by atoms with Crippen molar-refractivity contribution in [2.24, 2.45) is 5.92 Å². The van der Waals surface area contributed by atoms with Crippen LogP contribution in [0.3, 0.4) is 0 Å². The average molecular weight is 332 g/mol. The molecule has 3 nitrogen and oxygen atoms in total. The van der Waals surface area contributed by atoms with Crippen LogP contribution < -0.4 is 5.32 Å². The molecule has 2 unspecified atom stereocenters. The molecule has 0 saturated heterocycles. The van der Waals surface area contributed by atoms with Crippen LogP contribution in [0.1, 0.15) is 25.8 Å². The van der Waals surface area contributed by atoms with Crippen LogP contribution in [0.25, 0.3) is 0 Å². The number of carbonyl (C=O) groups is 1. The van der Waals surface area contributed by atoms with Crippen molar-refractivity contribution in [2.75, 3.05) is 7.11 Å². The zero-order valence-corrected chi connectivity index (χ0v) is 13.0. The second-order valence-electron chi connectivity index (χ2n) is 4.50. The average Bonchev–Trinajstić information content (AvgIpc) is 2.41. The lowest BCUT2D eigenvalue weighted by Gasteiger charge is -2.22. The van der Waals surface area contributed by atoms with Gasteiger partial charge < -0.3 is 4.74 Å². The highest BCUT2D eigenvalue weighted by Crippen LogP contribution is 2.16. The SMILES string of the molecule is CCC(C)C(NCc1cc(Br)ccc1F)C(=O)OC. The van der Waals surface area contributed by atoms with Gasteiger partial charge in [-0.25, -0.2) is 4.39 Å². The summed E-state index contributed by atoms with van der Waals surface area (Å²) in [7, 11) is 1.36. The molecule has 0 amide bonds. The molecule has 0 aliphatic rings. The van der Waals surface area contributed by atoms with Crippen molar-refractivity contribution < 1.29 is 13.9 Å². The molecule has 1 N–H and O–H groups in total. The highest BCUT2D eigenvalue weighted by molar-refractivity contribution is 9.10. The van der Waals surface area contributed by atoms with E-state index >= 15 is 0 Å². The van der Waals surface area contributed by atoms with Gasteiger partial charge in [0.05, 0.1) is 7.11 Å². The number of benzene rings is 1. The fourth-order valence-electron chi connectivity index (χ4n) is 1.78. The molecule has 0 saturated carbocycles. The van der Waals surface area contributed by atoms with Crippen molar-refractivity contribution in [3.8, 4) is 0 Å². The van der Waals surface area contributed by atoms with Gasteiger partial charge in [-0.05, 0) is 24.1 Å². The number of rotatable bonds is 6. The number of methoxy groups -OCH3 is 1. The third-order valence-electron chi connectivity index (χ3n) is 3.19. The minimum absolute atomic E-state index is 0.127. The van der Waals surface area contributed by atoms with Gasteiger partial charge in [0.2, 0.25) is 0 Å². The van der Waals surface area contributed by atoms with Gasteiger partial charge in [0.15, 0.2) is 0 Å². The second kappa shape index (κ2) is 7.60. The number of ether oxygens (including phenoxy) is 1. The van der Waals surface area contributed by atoms with E-state index in [4.69, 9.17) is 4.74 Å². The van der Waals surface area contributed by atoms with Crippen LogP contribution in [-0.4, -0.2) is 19.1 Å². The van der Waals surface area contributed by atoms with Crippen LogP contribution in [0.5, 0.6) is 0 Å². The molecule has 1 aromatic rings. The summed E-state index contributed by atoms with van der Waals surface area (Å²) in [6.45, 7) is 4.25. The van der Waals surface area contributed by atoms with Gasteiger partial charge >= 0.3 is 5.97 Å². The van der Waals surface area contributed by atoms with Crippen LogP contribution in [0.4, 0.5) is 4.39 Å². The zero-order chi connectivity index (χ0) is 14.4. The summed E-state index contributed by atoms with van der Waals surface area (Å²) in [5.41, 5.74) is 0.520. The van der Waals surface area contributed by atoms with E-state index in [-0.39, 0.29) is 24.2 Å². The summed E-state index contributed by atoms with van der Waals surface area (Å²) >= 11 is 3.30. The Morgan fingerprint density at radius 3 is 2.79 bits per heavy atom. The largest absolute Gasteiger partial charge is 0.468 e. The van der Waals surface area contributed by atoms with Gasteiger partial charge in [-0.2, -0.15) is 0 Å². The lowest BCUT2D eigenvalue weighted by Crippen LogP contribution is -2.42. The zero-order valence-electron chi connectivity index (χ0n) is 11.4. The van der Waals surface area contributed by atoms with E-state index in [1.807, 2.05) is 13.8 Å². The van der Waals surface area contributed by atoms with Crippen LogP contribution in [0.2, 0.25) is 0 Å². The molecule has 1 aromatic carbocycles. The molecular weight excluding hydrogens is 313 g/mol. The third-order valence-corrected chi connectivity index (χ3v) is 3.68. The minimum atomic E-state index is -0.423. The molecule has 0 aromatic heterocycles. The fraction of sp³-hybridized carbons (Fsp3) is 0.500. The lowest BCUT2D eigenvalue weighted by atomic mass is 9.99. The first-order chi connectivity index (χ1) is 8.99. The van der Waals surface area contributed by atoms with E-state index in [1.54, 1.807) is 12.1 Å². The van der Waals surface area contributed by atoms with Crippen molar-refractivity contribution in [3.05, 3.63) is 34.1 Å². The smallest absolute Gasteiger partial charge is 0.323 e. The number of esters is 1. The maximum absolute atomic E-state index is 13.6. The molecule has 0 fully saturated rings. The number of carbonyl (C=O) groups excluding carboxylic acids is 1. The minimum Gasteiger partial charge on any atom is -0.468 e. The quantitative estimate of drug-likeness (QED) is 0.813. The first kappa shape index (κ1) is 16.1. The Hall–Kier alpha value is -0.940. The van der Waals surface area contributed by atoms with Gasteiger partial charge in [0, 0.05) is 16.6 Å². The van der Waals surface area contributed by atoms with Crippen molar-refractivity contribution in [2.45, 2.75) is 32.9 Å². The lowest BCUT2D eigenvalue weighted by molar-refractivity contribution is -0.144. The Morgan fingerprint density at radius 1 is 1.53 bits per heavy atom. The summed E-state index contributed by atoms with van der Waals surface area (Å²) in [4.78, 5) is 11.7. The molecule has 106 valence electrons. The Balaban J connectivity index is 2.75. The summed E-state index contributed by atoms with van der Waals surface area (Å²) in [6, 6.07) is 4.32. The highest BCUT2D eigenvalue weighted by Gasteiger charge is 2.24. The van der Waals surface area contributed by atoms with Gasteiger partial charge in [-0.15, -0.1) is 0 Å². The van der Waals surface area contributed by atoms with Gasteiger partial charge in [0.1, 0.15) is 11.9 Å². The van der Waals surface area contributed by atoms with Crippen molar-refractivity contribution in [1.82, 2.24) is 5.32 Å². The molecule has 19 heavy (non-hydrogen) atoms. The molecule has 0 aliphatic heterocycles. The van der Waals surface area contributed by atoms with Crippen molar-refractivity contribution in [3.63, 3.8) is 0 Å². The first-order valence-corrected chi connectivity index (χ1v) is 7.04. The molecule has 5 heteroatoms. The maximum atomic E-state index is 13.6. The van der Waals surface area contributed by atoms with Gasteiger partial charge in [-0.1, -0.05) is 36.2 Å². The summed E-state index contributed by atoms with van der Waals surface area (Å²) < 4.78 is 19.2. The normalized spacial score (nSPS) is 13.9. The monoisotopic (exact) mass is 331 g/mol. The molecule has 0 aliphatic carbocycles. The van der Waals surface area contributed by atoms with E-state index < -0.39 is 6.04 Å². The third kappa shape index (κ3) is 4.58. The van der Waals surface area contributed by atoms with E-state index in [1.165, 1.54) is 13.2 Å². The Morgan fingerprint density at radius 2 is 2.21 bits per heavy atom. The van der Waals surface area contributed by atoms with Crippen LogP contribution in [0.15, 0.2) is 22.7 Å². The van der Waals surface area contributed by atoms with E-state index in [0.29, 0.717) is 5.56 Å². The topological polar surface area (TPSA) is 38.3 Å². The second-order valence-corrected chi connectivity index (χ2v) is 5.42. The highest BCUT2D eigenvalue weighted by atomic mass is 79.9. The number of halogens is 2. The van der Waals surface area contributed by atoms with Crippen molar-refractivity contribution >= 4 is 21.9 Å². The molecule has 0 bridgehead atoms. The maximum Gasteiger partial charge on any atom is 0.323 e. The van der Waals surface area contributed by atoms with Gasteiger partial charge in [-0.3, -0.25) is 10.1 Å². The van der Waals surface area contributed by atoms with Crippen LogP contribution >= 0.6 is 15.9 Å². The van der Waals surface area contributed by atoms with Crippen LogP contribution in [0, 0.1) is 11.7 Å². The Kier molecular flexibility index (Phi) is 6.45. The number of hydrogen-bond acceptors (Lipinski definition) is 3. The van der Waals surface area contributed by atoms with E-state index in [2.05, 4.69) is 21.2 Å². The predicted octanol–water partition coefficient (Wildman–Crippen LogP) is 3.27. The first-order valence-electron chi connectivity index (χ1n) is 6.24. The standard InChI is InChI=1S/C14H19BrFNO2/c1-4-9(2)13(14(18)19-3)17-8-10-7-11(15)5-6-12(10)16/h5-7,9,13,17H,4,8H2,1-3H3. The molecule has 0 spiro atoms. The Bertz CT molecular complexity index is 439. The summed E-state index contributed by atoms with van der Waals surface area (Å²) in [5, 5.41) is 3.07. The summed E-state index contributed by atoms with van der Waals surface area (Å²) in [5.74, 6) is -0.476. The number of hydrogen-bond donors (Lipinski definition) is 1. The molecule has 0 heterocycles. The fourth-order valence-corrected chi connectivity index (χ4v) is 2.19. The Labute approximate surface area is 121 Å².